The maximum absolute atomic E-state index is 12.4. The summed E-state index contributed by atoms with van der Waals surface area (Å²) in [4.78, 5) is 19.6. The van der Waals surface area contributed by atoms with E-state index in [9.17, 15) is 4.79 Å². The second-order valence-electron chi connectivity index (χ2n) is 4.64. The molecule has 1 aromatic carbocycles. The van der Waals surface area contributed by atoms with Crippen molar-refractivity contribution in [2.45, 2.75) is 13.5 Å². The van der Waals surface area contributed by atoms with Crippen LogP contribution >= 0.6 is 34.3 Å². The summed E-state index contributed by atoms with van der Waals surface area (Å²) < 4.78 is 1.79. The highest BCUT2D eigenvalue weighted by Crippen LogP contribution is 2.26. The van der Waals surface area contributed by atoms with Crippen LogP contribution in [0.3, 0.4) is 0 Å². The number of carbonyl (C=O) groups excluding carboxylic acids is 1. The molecule has 0 aliphatic heterocycles. The number of hydrogen-bond acceptors (Lipinski definition) is 4. The number of urea groups is 1. The van der Waals surface area contributed by atoms with E-state index in [1.165, 1.54) is 22.7 Å². The first kappa shape index (κ1) is 15.3. The summed E-state index contributed by atoms with van der Waals surface area (Å²) in [6.45, 7) is 3.12. The standard InChI is InChI=1S/C15H14ClN3OS2/c1-2-19(9-10-7-8-13(16)21-10)15(20)18-14-17-11-5-3-4-6-12(11)22-14/h3-8H,2,9H2,1H3,(H,17,18,20). The highest BCUT2D eigenvalue weighted by Gasteiger charge is 2.15. The summed E-state index contributed by atoms with van der Waals surface area (Å²) in [6.07, 6.45) is 0. The van der Waals surface area contributed by atoms with E-state index >= 15 is 0 Å². The van der Waals surface area contributed by atoms with Crippen molar-refractivity contribution in [1.29, 1.82) is 0 Å². The fraction of sp³-hybridized carbons (Fsp3) is 0.200. The monoisotopic (exact) mass is 351 g/mol. The average molecular weight is 352 g/mol. The molecule has 0 aliphatic carbocycles. The predicted octanol–water partition coefficient (Wildman–Crippen LogP) is 5.07. The third kappa shape index (κ3) is 3.40. The van der Waals surface area contributed by atoms with Crippen molar-refractivity contribution in [3.63, 3.8) is 0 Å². The molecule has 0 saturated heterocycles. The van der Waals surface area contributed by atoms with Gasteiger partial charge < -0.3 is 4.90 Å². The number of hydrogen-bond donors (Lipinski definition) is 1. The van der Waals surface area contributed by atoms with Gasteiger partial charge in [0.2, 0.25) is 0 Å². The third-order valence-corrected chi connectivity index (χ3v) is 5.32. The van der Waals surface area contributed by atoms with Crippen LogP contribution in [0.15, 0.2) is 36.4 Å². The zero-order chi connectivity index (χ0) is 15.5. The van der Waals surface area contributed by atoms with E-state index in [0.717, 1.165) is 19.4 Å². The lowest BCUT2D eigenvalue weighted by Crippen LogP contribution is -2.33. The second kappa shape index (κ2) is 6.64. The molecule has 1 N–H and O–H groups in total. The molecule has 22 heavy (non-hydrogen) atoms. The Morgan fingerprint density at radius 3 is 2.77 bits per heavy atom. The highest BCUT2D eigenvalue weighted by atomic mass is 35.5. The second-order valence-corrected chi connectivity index (χ2v) is 7.47. The van der Waals surface area contributed by atoms with Gasteiger partial charge in [0.05, 0.1) is 21.1 Å². The number of nitrogens with one attached hydrogen (secondary N) is 1. The number of amides is 2. The first-order valence-corrected chi connectivity index (χ1v) is 8.82. The number of anilines is 1. The van der Waals surface area contributed by atoms with E-state index in [0.29, 0.717) is 18.2 Å². The number of fused-ring (bicyclic) bond motifs is 1. The van der Waals surface area contributed by atoms with Crippen molar-refractivity contribution in [2.24, 2.45) is 0 Å². The van der Waals surface area contributed by atoms with Gasteiger partial charge in [-0.25, -0.2) is 9.78 Å². The van der Waals surface area contributed by atoms with Gasteiger partial charge in [-0.2, -0.15) is 0 Å². The molecule has 2 amide bonds. The largest absolute Gasteiger partial charge is 0.323 e. The van der Waals surface area contributed by atoms with Gasteiger partial charge in [-0.1, -0.05) is 35.1 Å². The Balaban J connectivity index is 1.71. The Morgan fingerprint density at radius 1 is 1.27 bits per heavy atom. The topological polar surface area (TPSA) is 45.2 Å². The van der Waals surface area contributed by atoms with E-state index in [1.54, 1.807) is 4.90 Å². The fourth-order valence-corrected chi connectivity index (χ4v) is 4.01. The third-order valence-electron chi connectivity index (χ3n) is 3.15. The van der Waals surface area contributed by atoms with Crippen LogP contribution in [0.1, 0.15) is 11.8 Å². The van der Waals surface area contributed by atoms with Gasteiger partial charge in [0.1, 0.15) is 0 Å². The van der Waals surface area contributed by atoms with E-state index in [4.69, 9.17) is 11.6 Å². The highest BCUT2D eigenvalue weighted by molar-refractivity contribution is 7.22. The van der Waals surface area contributed by atoms with Crippen LogP contribution in [-0.4, -0.2) is 22.5 Å². The molecule has 0 spiro atoms. The Kier molecular flexibility index (Phi) is 4.61. The molecule has 0 radical (unpaired) electrons. The van der Waals surface area contributed by atoms with Crippen LogP contribution in [0.25, 0.3) is 10.2 Å². The minimum Gasteiger partial charge on any atom is -0.320 e. The zero-order valence-corrected chi connectivity index (χ0v) is 14.3. The first-order chi connectivity index (χ1) is 10.7. The smallest absolute Gasteiger partial charge is 0.320 e. The predicted molar refractivity (Wildman–Crippen MR) is 94.1 cm³/mol. The molecule has 0 bridgehead atoms. The van der Waals surface area contributed by atoms with E-state index in [-0.39, 0.29) is 6.03 Å². The summed E-state index contributed by atoms with van der Waals surface area (Å²) in [5.74, 6) is 0. The van der Waals surface area contributed by atoms with Gasteiger partial charge >= 0.3 is 6.03 Å². The summed E-state index contributed by atoms with van der Waals surface area (Å²) in [5, 5.41) is 3.49. The van der Waals surface area contributed by atoms with Crippen molar-refractivity contribution in [2.75, 3.05) is 11.9 Å². The summed E-state index contributed by atoms with van der Waals surface area (Å²) in [5.41, 5.74) is 0.899. The molecule has 0 atom stereocenters. The number of thiazole rings is 1. The Bertz CT molecular complexity index is 766. The molecule has 0 saturated carbocycles. The molecule has 3 rings (SSSR count). The maximum Gasteiger partial charge on any atom is 0.323 e. The molecule has 114 valence electrons. The summed E-state index contributed by atoms with van der Waals surface area (Å²) in [6, 6.07) is 11.5. The van der Waals surface area contributed by atoms with Gasteiger partial charge in [-0.3, -0.25) is 5.32 Å². The van der Waals surface area contributed by atoms with Crippen molar-refractivity contribution < 1.29 is 4.79 Å². The number of nitrogens with zero attached hydrogens (tertiary/aromatic N) is 2. The molecule has 4 nitrogen and oxygen atoms in total. The van der Waals surface area contributed by atoms with Crippen molar-refractivity contribution >= 4 is 55.7 Å². The molecule has 0 aliphatic rings. The molecular formula is C15H14ClN3OS2. The number of rotatable bonds is 4. The van der Waals surface area contributed by atoms with Crippen LogP contribution in [0, 0.1) is 0 Å². The lowest BCUT2D eigenvalue weighted by Gasteiger charge is -2.19. The lowest BCUT2D eigenvalue weighted by atomic mass is 10.3. The van der Waals surface area contributed by atoms with Gasteiger partial charge in [0.25, 0.3) is 0 Å². The molecular weight excluding hydrogens is 338 g/mol. The zero-order valence-electron chi connectivity index (χ0n) is 11.9. The van der Waals surface area contributed by atoms with Crippen LogP contribution in [0.2, 0.25) is 4.34 Å². The minimum absolute atomic E-state index is 0.147. The van der Waals surface area contributed by atoms with Crippen molar-refractivity contribution in [3.05, 3.63) is 45.6 Å². The number of para-hydroxylation sites is 1. The van der Waals surface area contributed by atoms with Gasteiger partial charge in [-0.15, -0.1) is 11.3 Å². The number of aromatic nitrogens is 1. The lowest BCUT2D eigenvalue weighted by molar-refractivity contribution is 0.212. The van der Waals surface area contributed by atoms with Crippen molar-refractivity contribution in [3.8, 4) is 0 Å². The quantitative estimate of drug-likeness (QED) is 0.713. The average Bonchev–Trinajstić information content (AvgIpc) is 3.09. The molecule has 3 aromatic rings. The normalized spacial score (nSPS) is 10.8. The van der Waals surface area contributed by atoms with Gasteiger partial charge in [-0.05, 0) is 31.2 Å². The van der Waals surface area contributed by atoms with E-state index in [2.05, 4.69) is 10.3 Å². The Labute approximate surface area is 141 Å². The molecule has 0 fully saturated rings. The van der Waals surface area contributed by atoms with Gasteiger partial charge in [0.15, 0.2) is 5.13 Å². The maximum atomic E-state index is 12.4. The van der Waals surface area contributed by atoms with Crippen molar-refractivity contribution in [1.82, 2.24) is 9.88 Å². The van der Waals surface area contributed by atoms with Crippen LogP contribution < -0.4 is 5.32 Å². The summed E-state index contributed by atoms with van der Waals surface area (Å²) >= 11 is 8.90. The number of halogens is 1. The van der Waals surface area contributed by atoms with E-state index < -0.39 is 0 Å². The SMILES string of the molecule is CCN(Cc1ccc(Cl)s1)C(=O)Nc1nc2ccccc2s1. The molecule has 2 heterocycles. The Morgan fingerprint density at radius 2 is 2.09 bits per heavy atom. The minimum atomic E-state index is -0.147. The van der Waals surface area contributed by atoms with Crippen LogP contribution in [-0.2, 0) is 6.54 Å². The summed E-state index contributed by atoms with van der Waals surface area (Å²) in [7, 11) is 0. The molecule has 0 unspecified atom stereocenters. The van der Waals surface area contributed by atoms with Crippen LogP contribution in [0.4, 0.5) is 9.93 Å². The molecule has 2 aromatic heterocycles. The first-order valence-electron chi connectivity index (χ1n) is 6.81. The number of benzene rings is 1. The number of thiophene rings is 1. The van der Waals surface area contributed by atoms with Gasteiger partial charge in [0, 0.05) is 11.4 Å². The fourth-order valence-electron chi connectivity index (χ4n) is 2.05. The Hall–Kier alpha value is -1.63. The molecule has 7 heteroatoms. The van der Waals surface area contributed by atoms with Crippen LogP contribution in [0.5, 0.6) is 0 Å². The number of carbonyl (C=O) groups is 1. The van der Waals surface area contributed by atoms with E-state index in [1.807, 2.05) is 43.3 Å².